The van der Waals surface area contributed by atoms with Crippen LogP contribution < -0.4 is 9.46 Å². The van der Waals surface area contributed by atoms with E-state index >= 15 is 0 Å². The number of rotatable bonds is 4. The summed E-state index contributed by atoms with van der Waals surface area (Å²) < 4.78 is 44.7. The summed E-state index contributed by atoms with van der Waals surface area (Å²) in [4.78, 5) is 3.73. The van der Waals surface area contributed by atoms with Gasteiger partial charge in [0.05, 0.1) is 12.8 Å². The lowest BCUT2D eigenvalue weighted by atomic mass is 10.3. The lowest BCUT2D eigenvalue weighted by molar-refractivity contribution is 0.401. The molecule has 0 aliphatic heterocycles. The quantitative estimate of drug-likeness (QED) is 0.941. The maximum absolute atomic E-state index is 13.2. The van der Waals surface area contributed by atoms with Gasteiger partial charge in [-0.25, -0.2) is 17.8 Å². The van der Waals surface area contributed by atoms with E-state index in [1.165, 1.54) is 13.2 Å². The second kappa shape index (κ2) is 5.14. The second-order valence-electron chi connectivity index (χ2n) is 3.69. The van der Waals surface area contributed by atoms with Gasteiger partial charge in [-0.2, -0.15) is 0 Å². The van der Waals surface area contributed by atoms with Crippen molar-refractivity contribution in [3.63, 3.8) is 0 Å². The van der Waals surface area contributed by atoms with Crippen molar-refractivity contribution in [3.8, 4) is 5.75 Å². The van der Waals surface area contributed by atoms with Crippen molar-refractivity contribution in [1.29, 1.82) is 0 Å². The second-order valence-corrected chi connectivity index (χ2v) is 6.20. The summed E-state index contributed by atoms with van der Waals surface area (Å²) in [5, 5.41) is 1.93. The Kier molecular flexibility index (Phi) is 3.72. The third-order valence-electron chi connectivity index (χ3n) is 2.26. The average Bonchev–Trinajstić information content (AvgIpc) is 2.74. The fourth-order valence-electron chi connectivity index (χ4n) is 1.43. The molecule has 0 saturated carbocycles. The standard InChI is InChI=1S/C11H11FN2O3S2/c1-7-6-18-11(13-7)14-19(15,16)10-5-8(12)3-4-9(10)17-2/h3-6H,1-2H3,(H,13,14). The number of anilines is 1. The SMILES string of the molecule is COc1ccc(F)cc1S(=O)(=O)Nc1nc(C)cs1. The van der Waals surface area contributed by atoms with E-state index in [0.29, 0.717) is 5.69 Å². The molecule has 0 radical (unpaired) electrons. The van der Waals surface area contributed by atoms with Gasteiger partial charge in [-0.1, -0.05) is 0 Å². The van der Waals surface area contributed by atoms with Gasteiger partial charge < -0.3 is 4.74 Å². The summed E-state index contributed by atoms with van der Waals surface area (Å²) >= 11 is 1.15. The van der Waals surface area contributed by atoms with Gasteiger partial charge >= 0.3 is 0 Å². The molecule has 0 atom stereocenters. The number of halogens is 1. The monoisotopic (exact) mass is 302 g/mol. The lowest BCUT2D eigenvalue weighted by Crippen LogP contribution is -2.14. The number of sulfonamides is 1. The topological polar surface area (TPSA) is 68.3 Å². The van der Waals surface area contributed by atoms with E-state index in [2.05, 4.69) is 9.71 Å². The summed E-state index contributed by atoms with van der Waals surface area (Å²) in [7, 11) is -2.61. The number of hydrogen-bond acceptors (Lipinski definition) is 5. The number of aryl methyl sites for hydroxylation is 1. The summed E-state index contributed by atoms with van der Waals surface area (Å²) in [6, 6.07) is 3.30. The highest BCUT2D eigenvalue weighted by Gasteiger charge is 2.21. The molecule has 0 bridgehead atoms. The normalized spacial score (nSPS) is 11.3. The van der Waals surface area contributed by atoms with Gasteiger partial charge in [-0.05, 0) is 25.1 Å². The first-order valence-electron chi connectivity index (χ1n) is 5.21. The van der Waals surface area contributed by atoms with Crippen LogP contribution in [0.15, 0.2) is 28.5 Å². The van der Waals surface area contributed by atoms with E-state index in [1.807, 2.05) is 0 Å². The van der Waals surface area contributed by atoms with Crippen molar-refractivity contribution >= 4 is 26.5 Å². The molecule has 0 unspecified atom stereocenters. The Morgan fingerprint density at radius 2 is 2.16 bits per heavy atom. The first-order chi connectivity index (χ1) is 8.92. The third kappa shape index (κ3) is 3.02. The molecular formula is C11H11FN2O3S2. The number of aromatic nitrogens is 1. The van der Waals surface area contributed by atoms with Crippen molar-refractivity contribution in [2.24, 2.45) is 0 Å². The Bertz CT molecular complexity index is 698. The molecule has 19 heavy (non-hydrogen) atoms. The predicted octanol–water partition coefficient (Wildman–Crippen LogP) is 2.40. The zero-order valence-corrected chi connectivity index (χ0v) is 11.8. The molecule has 1 aromatic heterocycles. The molecule has 1 heterocycles. The van der Waals surface area contributed by atoms with Crippen molar-refractivity contribution in [3.05, 3.63) is 35.1 Å². The number of hydrogen-bond donors (Lipinski definition) is 1. The van der Waals surface area contributed by atoms with Crippen molar-refractivity contribution in [2.75, 3.05) is 11.8 Å². The molecule has 2 rings (SSSR count). The molecule has 0 amide bonds. The van der Waals surface area contributed by atoms with E-state index < -0.39 is 15.8 Å². The van der Waals surface area contributed by atoms with Crippen LogP contribution in [-0.2, 0) is 10.0 Å². The molecule has 8 heteroatoms. The molecular weight excluding hydrogens is 291 g/mol. The van der Waals surface area contributed by atoms with E-state index in [-0.39, 0.29) is 15.8 Å². The number of methoxy groups -OCH3 is 1. The van der Waals surface area contributed by atoms with E-state index in [9.17, 15) is 12.8 Å². The Hall–Kier alpha value is -1.67. The largest absolute Gasteiger partial charge is 0.495 e. The van der Waals surface area contributed by atoms with Crippen LogP contribution in [0.5, 0.6) is 5.75 Å². The van der Waals surface area contributed by atoms with Gasteiger partial charge in [-0.3, -0.25) is 4.72 Å². The molecule has 1 N–H and O–H groups in total. The van der Waals surface area contributed by atoms with Crippen LogP contribution in [0.1, 0.15) is 5.69 Å². The summed E-state index contributed by atoms with van der Waals surface area (Å²) in [6.07, 6.45) is 0. The summed E-state index contributed by atoms with van der Waals surface area (Å²) in [6.45, 7) is 1.75. The van der Waals surface area contributed by atoms with Crippen molar-refractivity contribution < 1.29 is 17.5 Å². The number of thiazole rings is 1. The van der Waals surface area contributed by atoms with Gasteiger partial charge in [0.15, 0.2) is 5.13 Å². The number of benzene rings is 1. The van der Waals surface area contributed by atoms with Gasteiger partial charge in [0.2, 0.25) is 0 Å². The molecule has 0 aliphatic rings. The first kappa shape index (κ1) is 13.8. The van der Waals surface area contributed by atoms with Crippen LogP contribution in [-0.4, -0.2) is 20.5 Å². The van der Waals surface area contributed by atoms with Gasteiger partial charge in [-0.15, -0.1) is 11.3 Å². The molecule has 5 nitrogen and oxygen atoms in total. The van der Waals surface area contributed by atoms with Gasteiger partial charge in [0.25, 0.3) is 10.0 Å². The maximum atomic E-state index is 13.2. The summed E-state index contributed by atoms with van der Waals surface area (Å²) in [5.74, 6) is -0.585. The highest BCUT2D eigenvalue weighted by atomic mass is 32.2. The number of ether oxygens (including phenoxy) is 1. The van der Waals surface area contributed by atoms with Gasteiger partial charge in [0, 0.05) is 5.38 Å². The first-order valence-corrected chi connectivity index (χ1v) is 7.57. The minimum atomic E-state index is -3.93. The minimum Gasteiger partial charge on any atom is -0.495 e. The van der Waals surface area contributed by atoms with Crippen LogP contribution in [0.4, 0.5) is 9.52 Å². The third-order valence-corrected chi connectivity index (χ3v) is 4.62. The maximum Gasteiger partial charge on any atom is 0.267 e. The zero-order valence-electron chi connectivity index (χ0n) is 10.2. The fourth-order valence-corrected chi connectivity index (χ4v) is 3.55. The van der Waals surface area contributed by atoms with E-state index in [4.69, 9.17) is 4.74 Å². The predicted molar refractivity (Wildman–Crippen MR) is 70.6 cm³/mol. The molecule has 1 aromatic carbocycles. The Labute approximate surface area is 114 Å². The Morgan fingerprint density at radius 1 is 1.42 bits per heavy atom. The van der Waals surface area contributed by atoms with Crippen LogP contribution in [0.3, 0.4) is 0 Å². The number of nitrogens with zero attached hydrogens (tertiary/aromatic N) is 1. The van der Waals surface area contributed by atoms with Crippen molar-refractivity contribution in [1.82, 2.24) is 4.98 Å². The highest BCUT2D eigenvalue weighted by molar-refractivity contribution is 7.93. The average molecular weight is 302 g/mol. The Morgan fingerprint density at radius 3 is 2.74 bits per heavy atom. The lowest BCUT2D eigenvalue weighted by Gasteiger charge is -2.09. The van der Waals surface area contributed by atoms with E-state index in [0.717, 1.165) is 23.5 Å². The fraction of sp³-hybridized carbons (Fsp3) is 0.182. The molecule has 0 fully saturated rings. The molecule has 2 aromatic rings. The zero-order chi connectivity index (χ0) is 14.0. The number of nitrogens with one attached hydrogen (secondary N) is 1. The van der Waals surface area contributed by atoms with Crippen molar-refractivity contribution in [2.45, 2.75) is 11.8 Å². The van der Waals surface area contributed by atoms with Gasteiger partial charge in [0.1, 0.15) is 16.5 Å². The smallest absolute Gasteiger partial charge is 0.267 e. The van der Waals surface area contributed by atoms with E-state index in [1.54, 1.807) is 12.3 Å². The molecule has 0 saturated heterocycles. The molecule has 0 spiro atoms. The molecule has 0 aliphatic carbocycles. The van der Waals surface area contributed by atoms with Crippen LogP contribution >= 0.6 is 11.3 Å². The summed E-state index contributed by atoms with van der Waals surface area (Å²) in [5.41, 5.74) is 0.703. The molecule has 102 valence electrons. The van der Waals surface area contributed by atoms with Crippen LogP contribution in [0.25, 0.3) is 0 Å². The minimum absolute atomic E-state index is 0.0715. The Balaban J connectivity index is 2.41. The van der Waals surface area contributed by atoms with Crippen LogP contribution in [0, 0.1) is 12.7 Å². The highest BCUT2D eigenvalue weighted by Crippen LogP contribution is 2.27. The van der Waals surface area contributed by atoms with Crippen LogP contribution in [0.2, 0.25) is 0 Å².